The molecule has 1 saturated heterocycles. The number of benzene rings is 1. The lowest BCUT2D eigenvalue weighted by Crippen LogP contribution is -2.42. The van der Waals surface area contributed by atoms with Gasteiger partial charge in [-0.05, 0) is 24.0 Å². The molecule has 2 atom stereocenters. The number of nitrogens with zero attached hydrogens (tertiary/aromatic N) is 1. The Morgan fingerprint density at radius 2 is 2.14 bits per heavy atom. The summed E-state index contributed by atoms with van der Waals surface area (Å²) >= 11 is 0. The number of nitrogens with one attached hydrogen (secondary N) is 1. The molecule has 1 aliphatic heterocycles. The van der Waals surface area contributed by atoms with Crippen LogP contribution in [0.2, 0.25) is 0 Å². The maximum absolute atomic E-state index is 12.1. The Labute approximate surface area is 125 Å². The molecule has 1 aromatic rings. The monoisotopic (exact) mass is 308 g/mol. The molecule has 1 fully saturated rings. The van der Waals surface area contributed by atoms with E-state index in [-0.39, 0.29) is 6.03 Å². The maximum atomic E-state index is 12.1. The van der Waals surface area contributed by atoms with Crippen molar-refractivity contribution in [1.29, 1.82) is 0 Å². The van der Waals surface area contributed by atoms with E-state index in [1.54, 1.807) is 4.90 Å². The normalized spacial score (nSPS) is 24.3. The zero-order valence-corrected chi connectivity index (χ0v) is 12.9. The molecule has 114 valence electrons. The van der Waals surface area contributed by atoms with Crippen LogP contribution in [-0.2, 0) is 16.3 Å². The summed E-state index contributed by atoms with van der Waals surface area (Å²) in [7, 11) is -3.06. The fourth-order valence-corrected chi connectivity index (χ4v) is 4.11. The molecule has 0 radical (unpaired) electrons. The molecule has 3 rings (SSSR count). The molecule has 0 saturated carbocycles. The van der Waals surface area contributed by atoms with Gasteiger partial charge >= 0.3 is 6.03 Å². The molecule has 0 aromatic heterocycles. The van der Waals surface area contributed by atoms with Crippen LogP contribution < -0.4 is 5.32 Å². The van der Waals surface area contributed by atoms with Crippen LogP contribution in [0, 0.1) is 0 Å². The van der Waals surface area contributed by atoms with Crippen molar-refractivity contribution in [3.8, 4) is 0 Å². The Hall–Kier alpha value is -1.56. The predicted molar refractivity (Wildman–Crippen MR) is 81.1 cm³/mol. The van der Waals surface area contributed by atoms with Crippen molar-refractivity contribution < 1.29 is 13.2 Å². The van der Waals surface area contributed by atoms with Gasteiger partial charge in [0.15, 0.2) is 9.84 Å². The van der Waals surface area contributed by atoms with Crippen molar-refractivity contribution in [2.24, 2.45) is 0 Å². The lowest BCUT2D eigenvalue weighted by molar-refractivity contribution is 0.208. The van der Waals surface area contributed by atoms with Crippen molar-refractivity contribution in [2.45, 2.75) is 24.0 Å². The average molecular weight is 308 g/mol. The highest BCUT2D eigenvalue weighted by molar-refractivity contribution is 7.91. The molecule has 6 heteroatoms. The molecule has 1 aromatic carbocycles. The SMILES string of the molecule is CS(=O)(=O)[C@H]1CCN(C(=O)NC[C@H]2Cc3ccccc32)C1. The molecule has 5 nitrogen and oxygen atoms in total. The Bertz CT molecular complexity index is 657. The summed E-state index contributed by atoms with van der Waals surface area (Å²) in [5, 5.41) is 2.52. The fourth-order valence-electron chi connectivity index (χ4n) is 3.13. The topological polar surface area (TPSA) is 66.5 Å². The summed E-state index contributed by atoms with van der Waals surface area (Å²) in [6, 6.07) is 8.12. The first-order valence-electron chi connectivity index (χ1n) is 7.24. The number of sulfone groups is 1. The number of fused-ring (bicyclic) bond motifs is 1. The molecule has 2 aliphatic rings. The average Bonchev–Trinajstić information content (AvgIpc) is 2.89. The van der Waals surface area contributed by atoms with Gasteiger partial charge in [-0.25, -0.2) is 13.2 Å². The lowest BCUT2D eigenvalue weighted by Gasteiger charge is -2.30. The predicted octanol–water partition coefficient (Wildman–Crippen LogP) is 1.15. The first-order valence-corrected chi connectivity index (χ1v) is 9.20. The molecule has 1 N–H and O–H groups in total. The Morgan fingerprint density at radius 1 is 1.38 bits per heavy atom. The largest absolute Gasteiger partial charge is 0.337 e. The number of carbonyl (C=O) groups is 1. The minimum Gasteiger partial charge on any atom is -0.337 e. The third kappa shape index (κ3) is 2.90. The number of rotatable bonds is 3. The standard InChI is InChI=1S/C15H20N2O3S/c1-21(19,20)13-6-7-17(10-13)15(18)16-9-12-8-11-4-2-3-5-14(11)12/h2-5,12-13H,6-10H2,1H3,(H,16,18)/t12-,13+/m1/s1. The van der Waals surface area contributed by atoms with E-state index in [4.69, 9.17) is 0 Å². The summed E-state index contributed by atoms with van der Waals surface area (Å²) < 4.78 is 23.0. The molecular formula is C15H20N2O3S. The van der Waals surface area contributed by atoms with E-state index in [1.807, 2.05) is 12.1 Å². The number of hydrogen-bond acceptors (Lipinski definition) is 3. The van der Waals surface area contributed by atoms with Crippen LogP contribution in [0.4, 0.5) is 4.79 Å². The minimum atomic E-state index is -3.06. The van der Waals surface area contributed by atoms with Crippen LogP contribution in [0.25, 0.3) is 0 Å². The summed E-state index contributed by atoms with van der Waals surface area (Å²) in [5.74, 6) is 0.387. The zero-order chi connectivity index (χ0) is 15.0. The second-order valence-electron chi connectivity index (χ2n) is 5.97. The number of hydrogen-bond donors (Lipinski definition) is 1. The Kier molecular flexibility index (Phi) is 3.65. The van der Waals surface area contributed by atoms with E-state index in [9.17, 15) is 13.2 Å². The van der Waals surface area contributed by atoms with Crippen molar-refractivity contribution in [2.75, 3.05) is 25.9 Å². The van der Waals surface area contributed by atoms with E-state index in [1.165, 1.54) is 17.4 Å². The van der Waals surface area contributed by atoms with Crippen LogP contribution >= 0.6 is 0 Å². The molecule has 21 heavy (non-hydrogen) atoms. The number of urea groups is 1. The van der Waals surface area contributed by atoms with Crippen LogP contribution in [0.3, 0.4) is 0 Å². The second kappa shape index (κ2) is 5.33. The van der Waals surface area contributed by atoms with Gasteiger partial charge in [0.05, 0.1) is 5.25 Å². The smallest absolute Gasteiger partial charge is 0.317 e. The van der Waals surface area contributed by atoms with Crippen LogP contribution in [0.1, 0.15) is 23.5 Å². The molecule has 1 aliphatic carbocycles. The Morgan fingerprint density at radius 3 is 2.81 bits per heavy atom. The van der Waals surface area contributed by atoms with Crippen LogP contribution in [0.5, 0.6) is 0 Å². The number of likely N-dealkylation sites (tertiary alicyclic amines) is 1. The van der Waals surface area contributed by atoms with Gasteiger partial charge < -0.3 is 10.2 Å². The molecule has 0 unspecified atom stereocenters. The van der Waals surface area contributed by atoms with Gasteiger partial charge in [0.25, 0.3) is 0 Å². The highest BCUT2D eigenvalue weighted by Gasteiger charge is 2.33. The number of amides is 2. The van der Waals surface area contributed by atoms with Gasteiger partial charge in [-0.2, -0.15) is 0 Å². The van der Waals surface area contributed by atoms with E-state index >= 15 is 0 Å². The van der Waals surface area contributed by atoms with Gasteiger partial charge in [0.2, 0.25) is 0 Å². The summed E-state index contributed by atoms with van der Waals surface area (Å²) in [6.07, 6.45) is 2.78. The van der Waals surface area contributed by atoms with Gasteiger partial charge in [-0.1, -0.05) is 24.3 Å². The molecule has 0 spiro atoms. The highest BCUT2D eigenvalue weighted by Crippen LogP contribution is 2.34. The maximum Gasteiger partial charge on any atom is 0.317 e. The third-order valence-corrected chi connectivity index (χ3v) is 6.09. The van der Waals surface area contributed by atoms with Crippen LogP contribution in [-0.4, -0.2) is 50.5 Å². The van der Waals surface area contributed by atoms with E-state index in [2.05, 4.69) is 17.4 Å². The highest BCUT2D eigenvalue weighted by atomic mass is 32.2. The van der Waals surface area contributed by atoms with Crippen molar-refractivity contribution in [3.63, 3.8) is 0 Å². The van der Waals surface area contributed by atoms with Crippen LogP contribution in [0.15, 0.2) is 24.3 Å². The molecule has 1 heterocycles. The second-order valence-corrected chi connectivity index (χ2v) is 8.30. The summed E-state index contributed by atoms with van der Waals surface area (Å²) in [4.78, 5) is 13.7. The van der Waals surface area contributed by atoms with Gasteiger partial charge in [-0.15, -0.1) is 0 Å². The first kappa shape index (κ1) is 14.4. The molecule has 0 bridgehead atoms. The fraction of sp³-hybridized carbons (Fsp3) is 0.533. The Balaban J connectivity index is 1.50. The van der Waals surface area contributed by atoms with Crippen molar-refractivity contribution >= 4 is 15.9 Å². The third-order valence-electron chi connectivity index (χ3n) is 4.50. The first-order chi connectivity index (χ1) is 9.95. The number of carbonyl (C=O) groups excluding carboxylic acids is 1. The van der Waals surface area contributed by atoms with Gasteiger partial charge in [0.1, 0.15) is 0 Å². The van der Waals surface area contributed by atoms with E-state index < -0.39 is 15.1 Å². The van der Waals surface area contributed by atoms with Crippen molar-refractivity contribution in [3.05, 3.63) is 35.4 Å². The van der Waals surface area contributed by atoms with E-state index in [0.29, 0.717) is 32.0 Å². The van der Waals surface area contributed by atoms with Gasteiger partial charge in [0, 0.05) is 31.8 Å². The quantitative estimate of drug-likeness (QED) is 0.911. The minimum absolute atomic E-state index is 0.148. The lowest BCUT2D eigenvalue weighted by atomic mass is 9.78. The zero-order valence-electron chi connectivity index (χ0n) is 12.1. The molecule has 2 amide bonds. The van der Waals surface area contributed by atoms with Crippen molar-refractivity contribution in [1.82, 2.24) is 10.2 Å². The van der Waals surface area contributed by atoms with Gasteiger partial charge in [-0.3, -0.25) is 0 Å². The van der Waals surface area contributed by atoms with E-state index in [0.717, 1.165) is 6.42 Å². The summed E-state index contributed by atoms with van der Waals surface area (Å²) in [5.41, 5.74) is 2.67. The molecular weight excluding hydrogens is 288 g/mol. The summed E-state index contributed by atoms with van der Waals surface area (Å²) in [6.45, 7) is 1.45.